The summed E-state index contributed by atoms with van der Waals surface area (Å²) in [6.45, 7) is 0. The summed E-state index contributed by atoms with van der Waals surface area (Å²) in [5.74, 6) is -2.20. The Kier molecular flexibility index (Phi) is 7.01. The quantitative estimate of drug-likeness (QED) is 0.509. The van der Waals surface area contributed by atoms with Crippen molar-refractivity contribution in [1.29, 1.82) is 0 Å². The van der Waals surface area contributed by atoms with Crippen LogP contribution in [0.1, 0.15) is 31.1 Å². The van der Waals surface area contributed by atoms with Gasteiger partial charge in [-0.15, -0.1) is 0 Å². The molecule has 2 rings (SSSR count). The van der Waals surface area contributed by atoms with Gasteiger partial charge in [-0.05, 0) is 36.4 Å². The number of rotatable bonds is 7. The van der Waals surface area contributed by atoms with Gasteiger partial charge in [0.1, 0.15) is 5.75 Å². The summed E-state index contributed by atoms with van der Waals surface area (Å²) >= 11 is 0. The third-order valence-electron chi connectivity index (χ3n) is 3.94. The first-order valence-electron chi connectivity index (χ1n) is 8.27. The van der Waals surface area contributed by atoms with Crippen molar-refractivity contribution in [1.82, 2.24) is 0 Å². The molecule has 160 valence electrons. The molecule has 10 nitrogen and oxygen atoms in total. The number of carbonyl (C=O) groups excluding carboxylic acids is 3. The number of sulfonamides is 1. The van der Waals surface area contributed by atoms with E-state index in [4.69, 9.17) is 4.74 Å². The Labute approximate surface area is 172 Å². The van der Waals surface area contributed by atoms with Gasteiger partial charge in [0.25, 0.3) is 10.0 Å². The molecule has 11 heteroatoms. The van der Waals surface area contributed by atoms with Gasteiger partial charge in [0.05, 0.1) is 55.7 Å². The lowest BCUT2D eigenvalue weighted by molar-refractivity contribution is 0.0587. The molecule has 0 amide bonds. The first kappa shape index (κ1) is 22.7. The third kappa shape index (κ3) is 4.87. The van der Waals surface area contributed by atoms with Crippen LogP contribution in [0.25, 0.3) is 0 Å². The van der Waals surface area contributed by atoms with Crippen LogP contribution in [-0.4, -0.2) is 54.8 Å². The lowest BCUT2D eigenvalue weighted by atomic mass is 10.1. The van der Waals surface area contributed by atoms with E-state index in [1.165, 1.54) is 25.3 Å². The maximum atomic E-state index is 12.9. The van der Waals surface area contributed by atoms with Crippen LogP contribution in [0.3, 0.4) is 0 Å². The van der Waals surface area contributed by atoms with E-state index in [2.05, 4.69) is 18.9 Å². The Hall–Kier alpha value is -3.60. The van der Waals surface area contributed by atoms with E-state index >= 15 is 0 Å². The Balaban J connectivity index is 2.58. The Morgan fingerprint density at radius 1 is 0.767 bits per heavy atom. The number of ether oxygens (including phenoxy) is 4. The lowest BCUT2D eigenvalue weighted by Gasteiger charge is -2.14. The summed E-state index contributed by atoms with van der Waals surface area (Å²) < 4.78 is 47.1. The highest BCUT2D eigenvalue weighted by Gasteiger charge is 2.24. The number of benzene rings is 2. The van der Waals surface area contributed by atoms with Crippen LogP contribution in [0.5, 0.6) is 5.75 Å². The first-order chi connectivity index (χ1) is 14.2. The van der Waals surface area contributed by atoms with E-state index < -0.39 is 32.8 Å². The number of methoxy groups -OCH3 is 4. The molecule has 0 bridgehead atoms. The number of carbonyl (C=O) groups is 3. The van der Waals surface area contributed by atoms with Crippen LogP contribution in [0.15, 0.2) is 41.3 Å². The minimum Gasteiger partial charge on any atom is -0.497 e. The normalized spacial score (nSPS) is 10.7. The van der Waals surface area contributed by atoms with Gasteiger partial charge >= 0.3 is 17.9 Å². The number of esters is 3. The smallest absolute Gasteiger partial charge is 0.340 e. The fraction of sp³-hybridized carbons (Fsp3) is 0.211. The average Bonchev–Trinajstić information content (AvgIpc) is 2.76. The summed E-state index contributed by atoms with van der Waals surface area (Å²) in [6, 6.07) is 7.26. The molecule has 2 aromatic carbocycles. The fourth-order valence-corrected chi connectivity index (χ4v) is 3.60. The van der Waals surface area contributed by atoms with Crippen molar-refractivity contribution in [3.63, 3.8) is 0 Å². The SMILES string of the molecule is COC(=O)c1cc(C(=O)OC)cc(S(=O)(=O)Nc2ccc(OC)cc2C(=O)OC)c1. The first-order valence-corrected chi connectivity index (χ1v) is 9.76. The molecule has 1 N–H and O–H groups in total. The topological polar surface area (TPSA) is 134 Å². The van der Waals surface area contributed by atoms with Gasteiger partial charge in [-0.2, -0.15) is 0 Å². The highest BCUT2D eigenvalue weighted by molar-refractivity contribution is 7.92. The van der Waals surface area contributed by atoms with Crippen molar-refractivity contribution in [2.75, 3.05) is 33.2 Å². The molecule has 2 aromatic rings. The highest BCUT2D eigenvalue weighted by atomic mass is 32.2. The van der Waals surface area contributed by atoms with Crippen molar-refractivity contribution in [2.24, 2.45) is 0 Å². The Bertz CT molecular complexity index is 1060. The molecular weight excluding hydrogens is 418 g/mol. The molecule has 0 aliphatic heterocycles. The summed E-state index contributed by atoms with van der Waals surface area (Å²) in [5, 5.41) is 0. The van der Waals surface area contributed by atoms with Crippen LogP contribution in [0.2, 0.25) is 0 Å². The van der Waals surface area contributed by atoms with Crippen LogP contribution in [-0.2, 0) is 24.2 Å². The van der Waals surface area contributed by atoms with Crippen molar-refractivity contribution in [3.8, 4) is 5.75 Å². The second kappa shape index (κ2) is 9.27. The van der Waals surface area contributed by atoms with Gasteiger partial charge in [0.15, 0.2) is 0 Å². The molecule has 0 aromatic heterocycles. The number of hydrogen-bond acceptors (Lipinski definition) is 9. The van der Waals surface area contributed by atoms with Crippen molar-refractivity contribution in [2.45, 2.75) is 4.90 Å². The van der Waals surface area contributed by atoms with E-state index in [9.17, 15) is 22.8 Å². The Morgan fingerprint density at radius 3 is 1.77 bits per heavy atom. The molecule has 0 aliphatic carbocycles. The maximum absolute atomic E-state index is 12.9. The van der Waals surface area contributed by atoms with Gasteiger partial charge in [-0.25, -0.2) is 22.8 Å². The summed E-state index contributed by atoms with van der Waals surface area (Å²) in [5.41, 5.74) is -0.545. The molecule has 0 unspecified atom stereocenters. The minimum absolute atomic E-state index is 0.0919. The fourth-order valence-electron chi connectivity index (χ4n) is 2.45. The van der Waals surface area contributed by atoms with Crippen molar-refractivity contribution < 1.29 is 41.7 Å². The summed E-state index contributed by atoms with van der Waals surface area (Å²) in [7, 11) is 0.405. The molecule has 30 heavy (non-hydrogen) atoms. The van der Waals surface area contributed by atoms with E-state index in [1.807, 2.05) is 0 Å². The monoisotopic (exact) mass is 437 g/mol. The van der Waals surface area contributed by atoms with Crippen molar-refractivity contribution in [3.05, 3.63) is 53.1 Å². The third-order valence-corrected chi connectivity index (χ3v) is 5.28. The molecule has 0 spiro atoms. The van der Waals surface area contributed by atoms with Crippen LogP contribution >= 0.6 is 0 Å². The molecule has 0 atom stereocenters. The van der Waals surface area contributed by atoms with E-state index in [0.29, 0.717) is 5.75 Å². The summed E-state index contributed by atoms with van der Waals surface area (Å²) in [4.78, 5) is 35.4. The van der Waals surface area contributed by atoms with Gasteiger partial charge in [0.2, 0.25) is 0 Å². The van der Waals surface area contributed by atoms with Gasteiger partial charge in [0, 0.05) is 0 Å². The Morgan fingerprint density at radius 2 is 1.30 bits per heavy atom. The second-order valence-corrected chi connectivity index (χ2v) is 7.42. The largest absolute Gasteiger partial charge is 0.497 e. The minimum atomic E-state index is -4.34. The number of hydrogen-bond donors (Lipinski definition) is 1. The summed E-state index contributed by atoms with van der Waals surface area (Å²) in [6.07, 6.45) is 0. The lowest BCUT2D eigenvalue weighted by Crippen LogP contribution is -2.18. The molecule has 0 aliphatic rings. The van der Waals surface area contributed by atoms with Gasteiger partial charge in [-0.1, -0.05) is 0 Å². The molecule has 0 saturated heterocycles. The zero-order valence-corrected chi connectivity index (χ0v) is 17.4. The predicted molar refractivity (Wildman–Crippen MR) is 104 cm³/mol. The van der Waals surface area contributed by atoms with Crippen LogP contribution < -0.4 is 9.46 Å². The van der Waals surface area contributed by atoms with E-state index in [1.54, 1.807) is 0 Å². The van der Waals surface area contributed by atoms with Crippen LogP contribution in [0, 0.1) is 0 Å². The molecule has 0 saturated carbocycles. The standard InChI is InChI=1S/C19H19NO9S/c1-26-13-5-6-16(15(10-13)19(23)29-4)20-30(24,25)14-8-11(17(21)27-2)7-12(9-14)18(22)28-3/h5-10,20H,1-4H3. The van der Waals surface area contributed by atoms with E-state index in [-0.39, 0.29) is 22.4 Å². The highest BCUT2D eigenvalue weighted by Crippen LogP contribution is 2.26. The molecule has 0 fully saturated rings. The predicted octanol–water partition coefficient (Wildman–Crippen LogP) is 1.86. The van der Waals surface area contributed by atoms with Crippen LogP contribution in [0.4, 0.5) is 5.69 Å². The molecule has 0 heterocycles. The zero-order chi connectivity index (χ0) is 22.5. The van der Waals surface area contributed by atoms with Crippen molar-refractivity contribution >= 4 is 33.6 Å². The van der Waals surface area contributed by atoms with Gasteiger partial charge < -0.3 is 18.9 Å². The van der Waals surface area contributed by atoms with E-state index in [0.717, 1.165) is 39.5 Å². The average molecular weight is 437 g/mol. The molecule has 0 radical (unpaired) electrons. The number of anilines is 1. The second-order valence-electron chi connectivity index (χ2n) is 5.74. The number of nitrogens with one attached hydrogen (secondary N) is 1. The zero-order valence-electron chi connectivity index (χ0n) is 16.5. The van der Waals surface area contributed by atoms with Gasteiger partial charge in [-0.3, -0.25) is 4.72 Å². The maximum Gasteiger partial charge on any atom is 0.340 e. The molecular formula is C19H19NO9S.